The number of halogens is 1. The Morgan fingerprint density at radius 1 is 1.08 bits per heavy atom. The van der Waals surface area contributed by atoms with Gasteiger partial charge in [-0.3, -0.25) is 0 Å². The fraction of sp³-hybridized carbons (Fsp3) is 0.190. The summed E-state index contributed by atoms with van der Waals surface area (Å²) in [6.07, 6.45) is 0.248. The largest absolute Gasteiger partial charge is 0.464 e. The molecule has 4 nitrogen and oxygen atoms in total. The molecular formula is C21H17FN2O2. The van der Waals surface area contributed by atoms with E-state index in [2.05, 4.69) is 6.07 Å². The zero-order valence-electron chi connectivity index (χ0n) is 14.2. The summed E-state index contributed by atoms with van der Waals surface area (Å²) in [4.78, 5) is 0. The van der Waals surface area contributed by atoms with Gasteiger partial charge >= 0.3 is 0 Å². The Hall–Kier alpha value is -3.08. The molecule has 2 aliphatic rings. The smallest absolute Gasteiger partial charge is 0.213 e. The molecule has 3 aromatic rings. The third kappa shape index (κ3) is 2.39. The molecular weight excluding hydrogens is 331 g/mol. The van der Waals surface area contributed by atoms with Gasteiger partial charge in [0, 0.05) is 17.5 Å². The second kappa shape index (κ2) is 5.73. The summed E-state index contributed by atoms with van der Waals surface area (Å²) in [6, 6.07) is 18.4. The van der Waals surface area contributed by atoms with Crippen molar-refractivity contribution in [3.05, 3.63) is 89.1 Å². The SMILES string of the molecule is Cc1ccc(C2=NN3[C@@H](c4cccc(F)c4)Oc4ccccc4[C@@H]3C2)o1. The number of hydrogen-bond donors (Lipinski definition) is 0. The number of aryl methyl sites for hydroxylation is 1. The van der Waals surface area contributed by atoms with Crippen molar-refractivity contribution >= 4 is 5.71 Å². The first-order valence-corrected chi connectivity index (χ1v) is 8.63. The molecule has 26 heavy (non-hydrogen) atoms. The van der Waals surface area contributed by atoms with Crippen molar-refractivity contribution in [2.45, 2.75) is 25.6 Å². The average molecular weight is 348 g/mol. The van der Waals surface area contributed by atoms with Crippen molar-refractivity contribution in [2.24, 2.45) is 5.10 Å². The Morgan fingerprint density at radius 3 is 2.77 bits per heavy atom. The number of fused-ring (bicyclic) bond motifs is 3. The van der Waals surface area contributed by atoms with Crippen LogP contribution in [0.4, 0.5) is 4.39 Å². The van der Waals surface area contributed by atoms with Gasteiger partial charge in [0.25, 0.3) is 0 Å². The molecule has 5 heteroatoms. The lowest BCUT2D eigenvalue weighted by molar-refractivity contribution is -0.0192. The van der Waals surface area contributed by atoms with Crippen LogP contribution in [0.1, 0.15) is 41.3 Å². The number of rotatable bonds is 2. The molecule has 0 bridgehead atoms. The maximum Gasteiger partial charge on any atom is 0.213 e. The Kier molecular flexibility index (Phi) is 3.35. The first kappa shape index (κ1) is 15.2. The normalized spacial score (nSPS) is 21.0. The summed E-state index contributed by atoms with van der Waals surface area (Å²) >= 11 is 0. The number of hydrogen-bond acceptors (Lipinski definition) is 4. The Balaban J connectivity index is 1.61. The second-order valence-electron chi connectivity index (χ2n) is 6.62. The number of ether oxygens (including phenoxy) is 1. The van der Waals surface area contributed by atoms with Crippen LogP contribution in [-0.2, 0) is 0 Å². The van der Waals surface area contributed by atoms with Crippen molar-refractivity contribution in [1.82, 2.24) is 5.01 Å². The van der Waals surface area contributed by atoms with Crippen molar-refractivity contribution in [3.8, 4) is 5.75 Å². The predicted molar refractivity (Wildman–Crippen MR) is 95.4 cm³/mol. The fourth-order valence-electron chi connectivity index (χ4n) is 3.65. The first-order valence-electron chi connectivity index (χ1n) is 8.63. The van der Waals surface area contributed by atoms with E-state index in [1.54, 1.807) is 6.07 Å². The molecule has 3 heterocycles. The number of para-hydroxylation sites is 1. The molecule has 0 amide bonds. The summed E-state index contributed by atoms with van der Waals surface area (Å²) in [5, 5.41) is 6.71. The Labute approximate surface area is 150 Å². The summed E-state index contributed by atoms with van der Waals surface area (Å²) in [5.41, 5.74) is 2.71. The van der Waals surface area contributed by atoms with Crippen molar-refractivity contribution in [2.75, 3.05) is 0 Å². The molecule has 0 radical (unpaired) electrons. The average Bonchev–Trinajstić information content (AvgIpc) is 3.27. The lowest BCUT2D eigenvalue weighted by atomic mass is 9.97. The highest BCUT2D eigenvalue weighted by atomic mass is 19.1. The molecule has 0 aliphatic carbocycles. The van der Waals surface area contributed by atoms with Crippen LogP contribution in [0.3, 0.4) is 0 Å². The van der Waals surface area contributed by atoms with Crippen LogP contribution in [-0.4, -0.2) is 10.7 Å². The molecule has 0 spiro atoms. The molecule has 2 aromatic carbocycles. The van der Waals surface area contributed by atoms with Gasteiger partial charge in [-0.25, -0.2) is 9.40 Å². The van der Waals surface area contributed by atoms with Crippen LogP contribution < -0.4 is 4.74 Å². The third-order valence-corrected chi connectivity index (χ3v) is 4.86. The zero-order valence-corrected chi connectivity index (χ0v) is 14.2. The highest BCUT2D eigenvalue weighted by Gasteiger charge is 2.41. The van der Waals surface area contributed by atoms with Crippen LogP contribution in [0.2, 0.25) is 0 Å². The van der Waals surface area contributed by atoms with E-state index in [-0.39, 0.29) is 11.9 Å². The van der Waals surface area contributed by atoms with Gasteiger partial charge in [-0.1, -0.05) is 30.3 Å². The minimum Gasteiger partial charge on any atom is -0.464 e. The quantitative estimate of drug-likeness (QED) is 0.656. The standard InChI is InChI=1S/C21H17FN2O2/c1-13-9-10-20(25-13)17-12-18-16-7-2-3-8-19(16)26-21(24(18)23-17)14-5-4-6-15(22)11-14/h2-11,18,21H,12H2,1H3/t18-,21+/m0/s1. The highest BCUT2D eigenvalue weighted by molar-refractivity contribution is 5.99. The van der Waals surface area contributed by atoms with Gasteiger partial charge in [-0.15, -0.1) is 0 Å². The minimum absolute atomic E-state index is 0.0358. The third-order valence-electron chi connectivity index (χ3n) is 4.86. The van der Waals surface area contributed by atoms with Gasteiger partial charge in [0.2, 0.25) is 6.23 Å². The van der Waals surface area contributed by atoms with Crippen molar-refractivity contribution < 1.29 is 13.5 Å². The zero-order chi connectivity index (χ0) is 17.7. The molecule has 2 aliphatic heterocycles. The van der Waals surface area contributed by atoms with E-state index in [1.165, 1.54) is 12.1 Å². The summed E-state index contributed by atoms with van der Waals surface area (Å²) < 4.78 is 25.7. The van der Waals surface area contributed by atoms with E-state index >= 15 is 0 Å². The van der Waals surface area contributed by atoms with Crippen LogP contribution >= 0.6 is 0 Å². The molecule has 130 valence electrons. The molecule has 0 saturated carbocycles. The van der Waals surface area contributed by atoms with E-state index in [4.69, 9.17) is 14.3 Å². The van der Waals surface area contributed by atoms with Crippen molar-refractivity contribution in [1.29, 1.82) is 0 Å². The van der Waals surface area contributed by atoms with Gasteiger partial charge in [0.05, 0.1) is 6.04 Å². The maximum absolute atomic E-state index is 13.8. The van der Waals surface area contributed by atoms with Crippen LogP contribution in [0.15, 0.2) is 70.2 Å². The molecule has 0 saturated heterocycles. The number of nitrogens with zero attached hydrogens (tertiary/aromatic N) is 2. The topological polar surface area (TPSA) is 38.0 Å². The molecule has 0 N–H and O–H groups in total. The summed E-state index contributed by atoms with van der Waals surface area (Å²) in [6.45, 7) is 1.92. The minimum atomic E-state index is -0.473. The first-order chi connectivity index (χ1) is 12.7. The summed E-state index contributed by atoms with van der Waals surface area (Å²) in [7, 11) is 0. The lowest BCUT2D eigenvalue weighted by Crippen LogP contribution is -2.33. The van der Waals surface area contributed by atoms with Gasteiger partial charge in [0.1, 0.15) is 28.8 Å². The van der Waals surface area contributed by atoms with Gasteiger partial charge in [0.15, 0.2) is 0 Å². The molecule has 0 fully saturated rings. The predicted octanol–water partition coefficient (Wildman–Crippen LogP) is 4.97. The van der Waals surface area contributed by atoms with E-state index in [0.717, 1.165) is 40.5 Å². The number of furan rings is 1. The molecule has 0 unspecified atom stereocenters. The monoisotopic (exact) mass is 348 g/mol. The van der Waals surface area contributed by atoms with E-state index < -0.39 is 6.23 Å². The van der Waals surface area contributed by atoms with Crippen LogP contribution in [0.5, 0.6) is 5.75 Å². The highest BCUT2D eigenvalue weighted by Crippen LogP contribution is 2.47. The van der Waals surface area contributed by atoms with E-state index in [0.29, 0.717) is 0 Å². The number of benzene rings is 2. The van der Waals surface area contributed by atoms with Gasteiger partial charge < -0.3 is 9.15 Å². The molecule has 1 aromatic heterocycles. The second-order valence-corrected chi connectivity index (χ2v) is 6.62. The molecule has 5 rings (SSSR count). The van der Waals surface area contributed by atoms with E-state index in [9.17, 15) is 4.39 Å². The van der Waals surface area contributed by atoms with Gasteiger partial charge in [-0.05, 0) is 37.3 Å². The van der Waals surface area contributed by atoms with Crippen LogP contribution in [0, 0.1) is 12.7 Å². The number of hydrazone groups is 1. The lowest BCUT2D eigenvalue weighted by Gasteiger charge is -2.38. The van der Waals surface area contributed by atoms with Crippen LogP contribution in [0.25, 0.3) is 0 Å². The Morgan fingerprint density at radius 2 is 1.96 bits per heavy atom. The summed E-state index contributed by atoms with van der Waals surface area (Å²) in [5.74, 6) is 2.15. The molecule has 2 atom stereocenters. The fourth-order valence-corrected chi connectivity index (χ4v) is 3.65. The van der Waals surface area contributed by atoms with E-state index in [1.807, 2.05) is 48.3 Å². The maximum atomic E-state index is 13.8. The Bertz CT molecular complexity index is 1010. The van der Waals surface area contributed by atoms with Crippen molar-refractivity contribution in [3.63, 3.8) is 0 Å². The van der Waals surface area contributed by atoms with Gasteiger partial charge in [-0.2, -0.15) is 5.10 Å².